The molecule has 0 radical (unpaired) electrons. The van der Waals surface area contributed by atoms with E-state index in [0.29, 0.717) is 29.4 Å². The van der Waals surface area contributed by atoms with Crippen molar-refractivity contribution < 1.29 is 22.5 Å². The number of rotatable bonds is 6. The molecule has 0 saturated carbocycles. The smallest absolute Gasteiger partial charge is 0.248 e. The summed E-state index contributed by atoms with van der Waals surface area (Å²) in [5.41, 5.74) is 0.920. The Kier molecular flexibility index (Phi) is 6.34. The van der Waals surface area contributed by atoms with Gasteiger partial charge in [0.25, 0.3) is 0 Å². The van der Waals surface area contributed by atoms with E-state index in [-0.39, 0.29) is 47.9 Å². The largest absolute Gasteiger partial charge is 0.360 e. The molecule has 1 aliphatic rings. The normalized spacial score (nSPS) is 16.0. The average molecular weight is 442 g/mol. The van der Waals surface area contributed by atoms with E-state index in [4.69, 9.17) is 4.52 Å². The zero-order valence-corrected chi connectivity index (χ0v) is 18.0. The minimum atomic E-state index is -3.70. The second kappa shape index (κ2) is 8.59. The summed E-state index contributed by atoms with van der Waals surface area (Å²) in [5.74, 6) is -0.392. The molecule has 1 fully saturated rings. The Morgan fingerprint density at radius 3 is 2.59 bits per heavy atom. The maximum Gasteiger partial charge on any atom is 0.248 e. The fourth-order valence-electron chi connectivity index (χ4n) is 3.24. The van der Waals surface area contributed by atoms with E-state index in [1.165, 1.54) is 15.6 Å². The number of piperidine rings is 1. The van der Waals surface area contributed by atoms with Crippen molar-refractivity contribution >= 4 is 38.3 Å². The summed E-state index contributed by atoms with van der Waals surface area (Å²) in [4.78, 5) is 28.3. The van der Waals surface area contributed by atoms with Gasteiger partial charge in [0.2, 0.25) is 21.8 Å². The fraction of sp³-hybridized carbons (Fsp3) is 0.529. The first-order chi connectivity index (χ1) is 13.7. The van der Waals surface area contributed by atoms with Gasteiger partial charge in [-0.05, 0) is 26.7 Å². The number of amides is 2. The molecule has 0 unspecified atom stereocenters. The highest BCUT2D eigenvalue weighted by Gasteiger charge is 2.35. The summed E-state index contributed by atoms with van der Waals surface area (Å²) in [6, 6.07) is 0. The van der Waals surface area contributed by atoms with Crippen LogP contribution in [-0.4, -0.2) is 54.8 Å². The van der Waals surface area contributed by atoms with Crippen LogP contribution in [-0.2, 0) is 26.0 Å². The first-order valence-electron chi connectivity index (χ1n) is 9.11. The van der Waals surface area contributed by atoms with Crippen LogP contribution in [0.3, 0.4) is 0 Å². The van der Waals surface area contributed by atoms with Crippen LogP contribution in [0.1, 0.15) is 30.0 Å². The number of anilines is 1. The number of nitrogens with zero attached hydrogens (tertiary/aromatic N) is 3. The van der Waals surface area contributed by atoms with Crippen LogP contribution < -0.4 is 10.6 Å². The zero-order valence-electron chi connectivity index (χ0n) is 16.4. The number of likely N-dealkylation sites (N-methyl/N-ethyl adjacent to an activating group) is 1. The Labute approximate surface area is 172 Å². The van der Waals surface area contributed by atoms with Crippen LogP contribution in [0.5, 0.6) is 0 Å². The van der Waals surface area contributed by atoms with Crippen molar-refractivity contribution in [1.29, 1.82) is 0 Å². The lowest BCUT2D eigenvalue weighted by Crippen LogP contribution is -2.41. The van der Waals surface area contributed by atoms with Gasteiger partial charge >= 0.3 is 0 Å². The van der Waals surface area contributed by atoms with Crippen molar-refractivity contribution in [3.63, 3.8) is 0 Å². The van der Waals surface area contributed by atoms with Crippen molar-refractivity contribution in [3.8, 4) is 0 Å². The Bertz CT molecular complexity index is 986. The average Bonchev–Trinajstić information content (AvgIpc) is 3.27. The number of thiazole rings is 1. The van der Waals surface area contributed by atoms with Gasteiger partial charge in [-0.1, -0.05) is 5.16 Å². The molecular weight excluding hydrogens is 418 g/mol. The number of carbonyl (C=O) groups is 2. The topological polar surface area (TPSA) is 134 Å². The monoisotopic (exact) mass is 441 g/mol. The highest BCUT2D eigenvalue weighted by atomic mass is 32.2. The number of carbonyl (C=O) groups excluding carboxylic acids is 2. The fourth-order valence-corrected chi connectivity index (χ4v) is 5.71. The molecule has 2 amide bonds. The quantitative estimate of drug-likeness (QED) is 0.685. The minimum absolute atomic E-state index is 0.104. The molecule has 3 heterocycles. The Balaban J connectivity index is 1.58. The molecule has 0 aromatic carbocycles. The van der Waals surface area contributed by atoms with E-state index in [1.54, 1.807) is 26.3 Å². The van der Waals surface area contributed by atoms with Gasteiger partial charge in [-0.15, -0.1) is 11.3 Å². The van der Waals surface area contributed by atoms with Gasteiger partial charge in [0, 0.05) is 31.4 Å². The summed E-state index contributed by atoms with van der Waals surface area (Å²) in [5, 5.41) is 11.2. The van der Waals surface area contributed by atoms with E-state index in [9.17, 15) is 18.0 Å². The predicted molar refractivity (Wildman–Crippen MR) is 106 cm³/mol. The van der Waals surface area contributed by atoms with Gasteiger partial charge in [-0.25, -0.2) is 13.4 Å². The molecule has 1 saturated heterocycles. The molecule has 0 bridgehead atoms. The van der Waals surface area contributed by atoms with Crippen molar-refractivity contribution in [2.24, 2.45) is 5.92 Å². The van der Waals surface area contributed by atoms with E-state index < -0.39 is 10.0 Å². The molecule has 158 valence electrons. The molecule has 1 aliphatic heterocycles. The molecule has 29 heavy (non-hydrogen) atoms. The number of aromatic nitrogens is 2. The van der Waals surface area contributed by atoms with Crippen molar-refractivity contribution in [3.05, 3.63) is 22.5 Å². The molecule has 10 nitrogen and oxygen atoms in total. The first kappa shape index (κ1) is 21.4. The third kappa shape index (κ3) is 4.65. The van der Waals surface area contributed by atoms with E-state index in [1.807, 2.05) is 0 Å². The van der Waals surface area contributed by atoms with Crippen LogP contribution in [0.25, 0.3) is 0 Å². The number of aryl methyl sites for hydroxylation is 2. The number of hydrogen-bond donors (Lipinski definition) is 2. The lowest BCUT2D eigenvalue weighted by atomic mass is 9.97. The first-order valence-corrected chi connectivity index (χ1v) is 11.4. The Morgan fingerprint density at radius 2 is 2.00 bits per heavy atom. The molecule has 12 heteroatoms. The van der Waals surface area contributed by atoms with E-state index in [0.717, 1.165) is 0 Å². The summed E-state index contributed by atoms with van der Waals surface area (Å²) in [7, 11) is -2.15. The lowest BCUT2D eigenvalue weighted by molar-refractivity contribution is -0.121. The second-order valence-electron chi connectivity index (χ2n) is 6.81. The maximum atomic E-state index is 12.9. The van der Waals surface area contributed by atoms with Crippen LogP contribution in [0.15, 0.2) is 14.8 Å². The second-order valence-corrected chi connectivity index (χ2v) is 9.55. The molecule has 0 spiro atoms. The number of hydrogen-bond acceptors (Lipinski definition) is 8. The van der Waals surface area contributed by atoms with Gasteiger partial charge in [-0.3, -0.25) is 9.59 Å². The predicted octanol–water partition coefficient (Wildman–Crippen LogP) is 1.08. The van der Waals surface area contributed by atoms with Crippen LogP contribution in [0, 0.1) is 19.8 Å². The molecule has 3 rings (SSSR count). The summed E-state index contributed by atoms with van der Waals surface area (Å²) >= 11 is 1.25. The van der Waals surface area contributed by atoms with Crippen LogP contribution in [0.2, 0.25) is 0 Å². The van der Waals surface area contributed by atoms with Crippen molar-refractivity contribution in [2.75, 3.05) is 25.5 Å². The minimum Gasteiger partial charge on any atom is -0.360 e. The van der Waals surface area contributed by atoms with Crippen molar-refractivity contribution in [2.45, 2.75) is 38.0 Å². The van der Waals surface area contributed by atoms with Gasteiger partial charge in [0.1, 0.15) is 10.6 Å². The molecular formula is C17H23N5O5S2. The third-order valence-corrected chi connectivity index (χ3v) is 7.74. The molecule has 0 aliphatic carbocycles. The maximum absolute atomic E-state index is 12.9. The molecule has 2 N–H and O–H groups in total. The summed E-state index contributed by atoms with van der Waals surface area (Å²) in [6.45, 7) is 3.64. The van der Waals surface area contributed by atoms with Crippen LogP contribution >= 0.6 is 11.3 Å². The van der Waals surface area contributed by atoms with E-state index in [2.05, 4.69) is 20.8 Å². The third-order valence-electron chi connectivity index (χ3n) is 4.79. The summed E-state index contributed by atoms with van der Waals surface area (Å²) < 4.78 is 32.1. The van der Waals surface area contributed by atoms with Gasteiger partial charge in [0.05, 0.1) is 12.1 Å². The molecule has 2 aromatic rings. The molecule has 2 aromatic heterocycles. The highest BCUT2D eigenvalue weighted by Crippen LogP contribution is 2.28. The Morgan fingerprint density at radius 1 is 1.31 bits per heavy atom. The van der Waals surface area contributed by atoms with Gasteiger partial charge in [0.15, 0.2) is 10.9 Å². The SMILES string of the molecule is CNC(=O)Cc1csc(NC(=O)C2CCN(S(=O)(=O)c3c(C)noc3C)CC2)n1. The number of sulfonamides is 1. The highest BCUT2D eigenvalue weighted by molar-refractivity contribution is 7.89. The zero-order chi connectivity index (χ0) is 21.2. The molecule has 0 atom stereocenters. The van der Waals surface area contributed by atoms with Gasteiger partial charge in [-0.2, -0.15) is 4.31 Å². The van der Waals surface area contributed by atoms with Crippen molar-refractivity contribution in [1.82, 2.24) is 19.8 Å². The standard InChI is InChI=1S/C17H23N5O5S2/c1-10-15(11(2)27-21-10)29(25,26)22-6-4-12(5-7-22)16(24)20-17-19-13(9-28-17)8-14(23)18-3/h9,12H,4-8H2,1-3H3,(H,18,23)(H,19,20,24). The summed E-state index contributed by atoms with van der Waals surface area (Å²) in [6.07, 6.45) is 0.969. The van der Waals surface area contributed by atoms with E-state index >= 15 is 0 Å². The Hall–Kier alpha value is -2.31. The van der Waals surface area contributed by atoms with Crippen LogP contribution in [0.4, 0.5) is 5.13 Å². The van der Waals surface area contributed by atoms with Gasteiger partial charge < -0.3 is 15.2 Å². The lowest BCUT2D eigenvalue weighted by Gasteiger charge is -2.30. The number of nitrogens with one attached hydrogen (secondary N) is 2.